The van der Waals surface area contributed by atoms with Crippen LogP contribution in [0.15, 0.2) is 80.6 Å². The van der Waals surface area contributed by atoms with Crippen LogP contribution in [-0.2, 0) is 4.79 Å². The SMILES string of the molecule is CC1CC(=Cc2ccc(-c3ccc([N+](=O)[O-])cc3Cl)o2)C(=O)C(=Cc2ccc(-c3ccc([N+](=O)[O-])cc3Cl)o2)C1. The van der Waals surface area contributed by atoms with Gasteiger partial charge < -0.3 is 8.83 Å². The predicted molar refractivity (Wildman–Crippen MR) is 151 cm³/mol. The van der Waals surface area contributed by atoms with E-state index in [1.54, 1.807) is 36.4 Å². The second-order valence-corrected chi connectivity index (χ2v) is 10.2. The number of nitro benzene ring substituents is 2. The van der Waals surface area contributed by atoms with Gasteiger partial charge in [-0.3, -0.25) is 25.0 Å². The van der Waals surface area contributed by atoms with Crippen molar-refractivity contribution in [2.45, 2.75) is 19.8 Å². The maximum atomic E-state index is 13.4. The molecule has 2 heterocycles. The van der Waals surface area contributed by atoms with E-state index in [0.29, 0.717) is 58.2 Å². The molecule has 2 aromatic carbocycles. The Morgan fingerprint density at radius 1 is 0.750 bits per heavy atom. The molecule has 4 aromatic rings. The summed E-state index contributed by atoms with van der Waals surface area (Å²) in [5, 5.41) is 22.3. The van der Waals surface area contributed by atoms with Crippen LogP contribution in [0.1, 0.15) is 31.3 Å². The Labute approximate surface area is 237 Å². The lowest BCUT2D eigenvalue weighted by atomic mass is 9.81. The van der Waals surface area contributed by atoms with Crippen LogP contribution in [0, 0.1) is 26.1 Å². The van der Waals surface area contributed by atoms with Crippen molar-refractivity contribution in [3.05, 3.63) is 114 Å². The average molecular weight is 579 g/mol. The molecule has 0 bridgehead atoms. The highest BCUT2D eigenvalue weighted by Crippen LogP contribution is 2.37. The van der Waals surface area contributed by atoms with Gasteiger partial charge in [0.05, 0.1) is 19.9 Å². The van der Waals surface area contributed by atoms with Gasteiger partial charge in [0.2, 0.25) is 0 Å². The number of carbonyl (C=O) groups excluding carboxylic acids is 1. The normalized spacial score (nSPS) is 17.5. The molecule has 202 valence electrons. The van der Waals surface area contributed by atoms with Crippen LogP contribution in [0.2, 0.25) is 10.0 Å². The van der Waals surface area contributed by atoms with E-state index in [9.17, 15) is 25.0 Å². The molecular weight excluding hydrogens is 559 g/mol. The molecule has 0 radical (unpaired) electrons. The van der Waals surface area contributed by atoms with E-state index in [-0.39, 0.29) is 33.1 Å². The number of carbonyl (C=O) groups is 1. The number of Topliss-reactive ketones (excluding diaryl/α,β-unsaturated/α-hetero) is 1. The summed E-state index contributed by atoms with van der Waals surface area (Å²) in [5.74, 6) is 1.81. The molecule has 1 aliphatic carbocycles. The maximum absolute atomic E-state index is 13.4. The fourth-order valence-corrected chi connectivity index (χ4v) is 5.13. The molecule has 5 rings (SSSR count). The first kappa shape index (κ1) is 27.1. The third-order valence-electron chi connectivity index (χ3n) is 6.46. The van der Waals surface area contributed by atoms with Crippen molar-refractivity contribution in [1.82, 2.24) is 0 Å². The highest BCUT2D eigenvalue weighted by Gasteiger charge is 2.26. The van der Waals surface area contributed by atoms with Crippen molar-refractivity contribution in [2.75, 3.05) is 0 Å². The number of nitrogens with zero attached hydrogens (tertiary/aromatic N) is 2. The minimum Gasteiger partial charge on any atom is -0.457 e. The van der Waals surface area contributed by atoms with Crippen LogP contribution in [0.3, 0.4) is 0 Å². The van der Waals surface area contributed by atoms with Gasteiger partial charge in [-0.15, -0.1) is 0 Å². The monoisotopic (exact) mass is 578 g/mol. The highest BCUT2D eigenvalue weighted by molar-refractivity contribution is 6.33. The molecule has 0 N–H and O–H groups in total. The summed E-state index contributed by atoms with van der Waals surface area (Å²) in [6, 6.07) is 15.1. The van der Waals surface area contributed by atoms with Crippen LogP contribution >= 0.6 is 23.2 Å². The van der Waals surface area contributed by atoms with Gasteiger partial charge in [0.25, 0.3) is 11.4 Å². The molecule has 1 saturated carbocycles. The lowest BCUT2D eigenvalue weighted by Crippen LogP contribution is -2.18. The summed E-state index contributed by atoms with van der Waals surface area (Å²) in [4.78, 5) is 34.3. The zero-order valence-electron chi connectivity index (χ0n) is 20.9. The van der Waals surface area contributed by atoms with Crippen LogP contribution in [0.5, 0.6) is 0 Å². The Hall–Kier alpha value is -4.47. The predicted octanol–water partition coefficient (Wildman–Crippen LogP) is 8.80. The molecule has 1 aliphatic rings. The highest BCUT2D eigenvalue weighted by atomic mass is 35.5. The molecule has 9 nitrogen and oxygen atoms in total. The fourth-order valence-electron chi connectivity index (χ4n) is 4.59. The van der Waals surface area contributed by atoms with Crippen molar-refractivity contribution in [1.29, 1.82) is 0 Å². The third-order valence-corrected chi connectivity index (χ3v) is 7.09. The van der Waals surface area contributed by atoms with Gasteiger partial charge in [0, 0.05) is 46.5 Å². The first-order valence-electron chi connectivity index (χ1n) is 12.1. The smallest absolute Gasteiger partial charge is 0.270 e. The van der Waals surface area contributed by atoms with Crippen molar-refractivity contribution < 1.29 is 23.5 Å². The molecule has 0 atom stereocenters. The average Bonchev–Trinajstić information content (AvgIpc) is 3.56. The molecule has 2 aromatic heterocycles. The number of allylic oxidation sites excluding steroid dienone is 2. The van der Waals surface area contributed by atoms with Crippen molar-refractivity contribution in [2.24, 2.45) is 5.92 Å². The van der Waals surface area contributed by atoms with Crippen LogP contribution in [0.4, 0.5) is 11.4 Å². The molecule has 11 heteroatoms. The number of halogens is 2. The molecule has 0 saturated heterocycles. The second-order valence-electron chi connectivity index (χ2n) is 9.43. The zero-order valence-corrected chi connectivity index (χ0v) is 22.4. The largest absolute Gasteiger partial charge is 0.457 e. The minimum atomic E-state index is -0.525. The Bertz CT molecular complexity index is 1610. The van der Waals surface area contributed by atoms with Gasteiger partial charge in [-0.1, -0.05) is 30.1 Å². The van der Waals surface area contributed by atoms with E-state index < -0.39 is 9.85 Å². The number of rotatable bonds is 6. The molecule has 0 spiro atoms. The summed E-state index contributed by atoms with van der Waals surface area (Å²) in [6.07, 6.45) is 4.51. The lowest BCUT2D eigenvalue weighted by molar-refractivity contribution is -0.385. The van der Waals surface area contributed by atoms with Crippen LogP contribution < -0.4 is 0 Å². The van der Waals surface area contributed by atoms with Gasteiger partial charge in [0.1, 0.15) is 23.0 Å². The topological polar surface area (TPSA) is 130 Å². The Balaban J connectivity index is 1.38. The van der Waals surface area contributed by atoms with Crippen molar-refractivity contribution in [3.63, 3.8) is 0 Å². The van der Waals surface area contributed by atoms with Gasteiger partial charge in [0.15, 0.2) is 5.78 Å². The lowest BCUT2D eigenvalue weighted by Gasteiger charge is -2.22. The van der Waals surface area contributed by atoms with Gasteiger partial charge >= 0.3 is 0 Å². The van der Waals surface area contributed by atoms with E-state index in [2.05, 4.69) is 0 Å². The van der Waals surface area contributed by atoms with E-state index in [4.69, 9.17) is 32.0 Å². The van der Waals surface area contributed by atoms with Crippen molar-refractivity contribution >= 4 is 52.5 Å². The number of non-ortho nitro benzene ring substituents is 2. The third kappa shape index (κ3) is 5.61. The number of nitro groups is 2. The molecule has 0 unspecified atom stereocenters. The van der Waals surface area contributed by atoms with Gasteiger partial charge in [-0.2, -0.15) is 0 Å². The Kier molecular flexibility index (Phi) is 7.42. The summed E-state index contributed by atoms with van der Waals surface area (Å²) in [5.41, 5.74) is 1.91. The Morgan fingerprint density at radius 3 is 1.55 bits per heavy atom. The number of hydrogen-bond donors (Lipinski definition) is 0. The van der Waals surface area contributed by atoms with Crippen molar-refractivity contribution in [3.8, 4) is 22.6 Å². The first-order chi connectivity index (χ1) is 19.1. The van der Waals surface area contributed by atoms with Gasteiger partial charge in [-0.05, 0) is 67.3 Å². The standard InChI is InChI=1S/C29H20Cl2N2O7/c1-16-10-17(12-21-4-8-27(39-21)23-6-2-19(32(35)36)14-25(23)30)29(34)18(11-16)13-22-5-9-28(40-22)24-7-3-20(33(37)38)15-26(24)31/h2-9,12-16H,10-11H2,1H3. The Morgan fingerprint density at radius 2 is 1.18 bits per heavy atom. The fraction of sp³-hybridized carbons (Fsp3) is 0.138. The number of ketones is 1. The molecule has 40 heavy (non-hydrogen) atoms. The summed E-state index contributed by atoms with van der Waals surface area (Å²) in [7, 11) is 0. The maximum Gasteiger partial charge on any atom is 0.270 e. The molecule has 1 fully saturated rings. The number of furan rings is 2. The first-order valence-corrected chi connectivity index (χ1v) is 12.9. The minimum absolute atomic E-state index is 0.122. The van der Waals surface area contributed by atoms with E-state index >= 15 is 0 Å². The number of hydrogen-bond acceptors (Lipinski definition) is 7. The zero-order chi connectivity index (χ0) is 28.6. The van der Waals surface area contributed by atoms with Crippen LogP contribution in [0.25, 0.3) is 34.8 Å². The summed E-state index contributed by atoms with van der Waals surface area (Å²) in [6.45, 7) is 2.04. The number of benzene rings is 2. The second kappa shape index (κ2) is 11.0. The van der Waals surface area contributed by atoms with E-state index in [1.165, 1.54) is 36.4 Å². The van der Waals surface area contributed by atoms with Gasteiger partial charge in [-0.25, -0.2) is 0 Å². The van der Waals surface area contributed by atoms with E-state index in [0.717, 1.165) is 0 Å². The van der Waals surface area contributed by atoms with Crippen LogP contribution in [-0.4, -0.2) is 15.6 Å². The molecular formula is C29H20Cl2N2O7. The molecule has 0 amide bonds. The summed E-state index contributed by atoms with van der Waals surface area (Å²) < 4.78 is 11.8. The quantitative estimate of drug-likeness (QED) is 0.127. The summed E-state index contributed by atoms with van der Waals surface area (Å²) >= 11 is 12.5. The molecule has 0 aliphatic heterocycles. The van der Waals surface area contributed by atoms with E-state index in [1.807, 2.05) is 6.92 Å².